The summed E-state index contributed by atoms with van der Waals surface area (Å²) in [6, 6.07) is 1.98. The Hall–Kier alpha value is -2.34. The van der Waals surface area contributed by atoms with Crippen LogP contribution in [0.25, 0.3) is 0 Å². The number of anilines is 1. The molecule has 0 unspecified atom stereocenters. The number of pyridine rings is 1. The van der Waals surface area contributed by atoms with E-state index in [9.17, 15) is 23.2 Å². The minimum atomic E-state index is -4.53. The number of hydrogen-bond acceptors (Lipinski definition) is 5. The molecule has 1 saturated heterocycles. The topological polar surface area (TPSA) is 69.5 Å². The van der Waals surface area contributed by atoms with Gasteiger partial charge in [0, 0.05) is 37.5 Å². The van der Waals surface area contributed by atoms with Gasteiger partial charge in [0.15, 0.2) is 0 Å². The van der Waals surface area contributed by atoms with E-state index < -0.39 is 18.5 Å². The van der Waals surface area contributed by atoms with E-state index in [1.54, 1.807) is 0 Å². The molecule has 0 bridgehead atoms. The molecular formula is C24H31F3N4O2. The van der Waals surface area contributed by atoms with Crippen LogP contribution in [0.1, 0.15) is 75.3 Å². The number of halogens is 3. The van der Waals surface area contributed by atoms with Gasteiger partial charge in [0.05, 0.1) is 29.5 Å². The van der Waals surface area contributed by atoms with Crippen molar-refractivity contribution in [1.82, 2.24) is 9.88 Å². The van der Waals surface area contributed by atoms with E-state index in [-0.39, 0.29) is 24.1 Å². The van der Waals surface area contributed by atoms with Gasteiger partial charge in [-0.05, 0) is 38.2 Å². The van der Waals surface area contributed by atoms with E-state index in [1.807, 2.05) is 32.6 Å². The number of carbonyl (C=O) groups is 1. The van der Waals surface area contributed by atoms with Gasteiger partial charge in [-0.15, -0.1) is 0 Å². The van der Waals surface area contributed by atoms with E-state index in [0.29, 0.717) is 43.4 Å². The first-order chi connectivity index (χ1) is 15.4. The molecule has 180 valence electrons. The lowest BCUT2D eigenvalue weighted by Crippen LogP contribution is -2.58. The number of fused-ring (bicyclic) bond motifs is 1. The molecule has 9 heteroatoms. The van der Waals surface area contributed by atoms with Crippen molar-refractivity contribution in [2.75, 3.05) is 24.5 Å². The van der Waals surface area contributed by atoms with Crippen molar-refractivity contribution in [2.45, 2.75) is 83.7 Å². The standard InChI is InChI=1S/C24H31F3N4O2/c1-14(2)19-12-30(7-8-31(19)20(32)10-24(25,26)27)22-17(11-28)16-9-23(3,4)33-13-18(16)21(29-22)15-5-6-15/h14-15,19H,5-10,12-13H2,1-4H3/t19-/m0/s1. The van der Waals surface area contributed by atoms with Crippen molar-refractivity contribution >= 4 is 11.7 Å². The maximum Gasteiger partial charge on any atom is 0.397 e. The maximum absolute atomic E-state index is 12.9. The molecule has 0 spiro atoms. The van der Waals surface area contributed by atoms with E-state index in [0.717, 1.165) is 29.7 Å². The van der Waals surface area contributed by atoms with Gasteiger partial charge in [0.1, 0.15) is 18.3 Å². The molecule has 0 radical (unpaired) electrons. The van der Waals surface area contributed by atoms with Crippen LogP contribution < -0.4 is 4.90 Å². The third kappa shape index (κ3) is 4.96. The van der Waals surface area contributed by atoms with E-state index in [4.69, 9.17) is 9.72 Å². The Bertz CT molecular complexity index is 979. The molecule has 1 saturated carbocycles. The van der Waals surface area contributed by atoms with Gasteiger partial charge in [0.25, 0.3) is 0 Å². The number of nitriles is 1. The van der Waals surface area contributed by atoms with Crippen LogP contribution in [0.2, 0.25) is 0 Å². The molecule has 3 heterocycles. The lowest BCUT2D eigenvalue weighted by molar-refractivity contribution is -0.164. The minimum absolute atomic E-state index is 0.0385. The first-order valence-electron chi connectivity index (χ1n) is 11.6. The second-order valence-electron chi connectivity index (χ2n) is 10.4. The predicted octanol–water partition coefficient (Wildman–Crippen LogP) is 4.31. The fraction of sp³-hybridized carbons (Fsp3) is 0.708. The minimum Gasteiger partial charge on any atom is -0.370 e. The summed E-state index contributed by atoms with van der Waals surface area (Å²) in [5.41, 5.74) is 3.14. The van der Waals surface area contributed by atoms with Crippen LogP contribution in [-0.2, 0) is 22.6 Å². The fourth-order valence-corrected chi connectivity index (χ4v) is 4.97. The van der Waals surface area contributed by atoms with E-state index in [2.05, 4.69) is 6.07 Å². The van der Waals surface area contributed by atoms with Crippen LogP contribution in [0.15, 0.2) is 0 Å². The first kappa shape index (κ1) is 23.8. The molecule has 1 aliphatic carbocycles. The van der Waals surface area contributed by atoms with Crippen LogP contribution in [0.3, 0.4) is 0 Å². The monoisotopic (exact) mass is 464 g/mol. The molecule has 4 rings (SSSR count). The predicted molar refractivity (Wildman–Crippen MR) is 117 cm³/mol. The van der Waals surface area contributed by atoms with Gasteiger partial charge >= 0.3 is 6.18 Å². The number of carbonyl (C=O) groups excluding carboxylic acids is 1. The van der Waals surface area contributed by atoms with Gasteiger partial charge in [-0.1, -0.05) is 13.8 Å². The molecule has 2 aliphatic heterocycles. The van der Waals surface area contributed by atoms with Crippen LogP contribution >= 0.6 is 0 Å². The highest BCUT2D eigenvalue weighted by atomic mass is 19.4. The normalized spacial score (nSPS) is 22.8. The Morgan fingerprint density at radius 1 is 1.27 bits per heavy atom. The number of hydrogen-bond donors (Lipinski definition) is 0. The van der Waals surface area contributed by atoms with Crippen LogP contribution in [0, 0.1) is 17.2 Å². The first-order valence-corrected chi connectivity index (χ1v) is 11.6. The van der Waals surface area contributed by atoms with Crippen molar-refractivity contribution in [1.29, 1.82) is 5.26 Å². The lowest BCUT2D eigenvalue weighted by atomic mass is 9.87. The highest BCUT2D eigenvalue weighted by molar-refractivity contribution is 5.77. The van der Waals surface area contributed by atoms with Crippen LogP contribution in [-0.4, -0.2) is 53.2 Å². The Morgan fingerprint density at radius 2 is 1.97 bits per heavy atom. The molecule has 1 aromatic heterocycles. The van der Waals surface area contributed by atoms with Crippen molar-refractivity contribution in [3.8, 4) is 6.07 Å². The summed E-state index contributed by atoms with van der Waals surface area (Å²) < 4.78 is 44.6. The molecular weight excluding hydrogens is 433 g/mol. The Kier molecular flexibility index (Phi) is 6.10. The quantitative estimate of drug-likeness (QED) is 0.664. The largest absolute Gasteiger partial charge is 0.397 e. The summed E-state index contributed by atoms with van der Waals surface area (Å²) in [6.45, 7) is 9.13. The number of rotatable bonds is 4. The average molecular weight is 465 g/mol. The SMILES string of the molecule is CC(C)[C@@H]1CN(c2nc(C3CC3)c3c(c2C#N)CC(C)(C)OC3)CCN1C(=O)CC(F)(F)F. The van der Waals surface area contributed by atoms with Gasteiger partial charge < -0.3 is 14.5 Å². The zero-order valence-corrected chi connectivity index (χ0v) is 19.6. The highest BCUT2D eigenvalue weighted by Gasteiger charge is 2.41. The number of piperazine rings is 1. The zero-order valence-electron chi connectivity index (χ0n) is 19.6. The fourth-order valence-electron chi connectivity index (χ4n) is 4.97. The van der Waals surface area contributed by atoms with E-state index in [1.165, 1.54) is 4.90 Å². The molecule has 6 nitrogen and oxygen atoms in total. The summed E-state index contributed by atoms with van der Waals surface area (Å²) in [7, 11) is 0. The van der Waals surface area contributed by atoms with Crippen molar-refractivity contribution in [3.05, 3.63) is 22.4 Å². The Morgan fingerprint density at radius 3 is 2.55 bits per heavy atom. The zero-order chi connectivity index (χ0) is 24.1. The second-order valence-corrected chi connectivity index (χ2v) is 10.4. The summed E-state index contributed by atoms with van der Waals surface area (Å²) in [5, 5.41) is 10.1. The third-order valence-electron chi connectivity index (χ3n) is 6.87. The molecule has 0 N–H and O–H groups in total. The third-order valence-corrected chi connectivity index (χ3v) is 6.87. The molecule has 1 aromatic rings. The smallest absolute Gasteiger partial charge is 0.370 e. The van der Waals surface area contributed by atoms with Crippen molar-refractivity contribution in [3.63, 3.8) is 0 Å². The molecule has 0 aromatic carbocycles. The Balaban J connectivity index is 1.69. The summed E-state index contributed by atoms with van der Waals surface area (Å²) in [6.07, 6.45) is -3.25. The molecule has 1 atom stereocenters. The van der Waals surface area contributed by atoms with Gasteiger partial charge in [-0.2, -0.15) is 18.4 Å². The van der Waals surface area contributed by atoms with Gasteiger partial charge in [-0.3, -0.25) is 4.79 Å². The molecule has 2 fully saturated rings. The average Bonchev–Trinajstić information content (AvgIpc) is 3.55. The van der Waals surface area contributed by atoms with Gasteiger partial charge in [0.2, 0.25) is 5.91 Å². The molecule has 33 heavy (non-hydrogen) atoms. The van der Waals surface area contributed by atoms with Crippen LogP contribution in [0.5, 0.6) is 0 Å². The van der Waals surface area contributed by atoms with Crippen molar-refractivity contribution < 1.29 is 22.7 Å². The number of amides is 1. The number of nitrogens with zero attached hydrogens (tertiary/aromatic N) is 4. The number of alkyl halides is 3. The van der Waals surface area contributed by atoms with Crippen LogP contribution in [0.4, 0.5) is 19.0 Å². The maximum atomic E-state index is 12.9. The van der Waals surface area contributed by atoms with Gasteiger partial charge in [-0.25, -0.2) is 4.98 Å². The number of aromatic nitrogens is 1. The van der Waals surface area contributed by atoms with Crippen molar-refractivity contribution in [2.24, 2.45) is 5.92 Å². The summed E-state index contributed by atoms with van der Waals surface area (Å²) >= 11 is 0. The highest BCUT2D eigenvalue weighted by Crippen LogP contribution is 2.46. The second kappa shape index (κ2) is 8.46. The number of ether oxygens (including phenoxy) is 1. The molecule has 3 aliphatic rings. The summed E-state index contributed by atoms with van der Waals surface area (Å²) in [4.78, 5) is 20.7. The summed E-state index contributed by atoms with van der Waals surface area (Å²) in [5.74, 6) is 0.0377. The molecule has 1 amide bonds. The lowest BCUT2D eigenvalue weighted by Gasteiger charge is -2.44. The van der Waals surface area contributed by atoms with E-state index >= 15 is 0 Å². The Labute approximate surface area is 192 Å².